The molecule has 0 radical (unpaired) electrons. The van der Waals surface area contributed by atoms with Crippen LogP contribution in [0.4, 0.5) is 10.6 Å². The van der Waals surface area contributed by atoms with Gasteiger partial charge in [0.25, 0.3) is 5.91 Å². The average Bonchev–Trinajstić information content (AvgIpc) is 3.33. The van der Waals surface area contributed by atoms with Crippen LogP contribution >= 0.6 is 11.6 Å². The number of nitrogens with zero attached hydrogens (tertiary/aromatic N) is 2. The van der Waals surface area contributed by atoms with Crippen LogP contribution in [0.1, 0.15) is 37.7 Å². The fraction of sp³-hybridized carbons (Fsp3) is 0.500. The van der Waals surface area contributed by atoms with Crippen molar-refractivity contribution in [2.24, 2.45) is 0 Å². The lowest BCUT2D eigenvalue weighted by Crippen LogP contribution is -2.34. The van der Waals surface area contributed by atoms with E-state index in [4.69, 9.17) is 21.5 Å². The van der Waals surface area contributed by atoms with Gasteiger partial charge in [-0.05, 0) is 49.8 Å². The molecule has 1 aromatic rings. The Labute approximate surface area is 162 Å². The fourth-order valence-corrected chi connectivity index (χ4v) is 3.55. The smallest absolute Gasteiger partial charge is 0.410 e. The number of hydroxylamine groups is 1. The predicted octanol–water partition coefficient (Wildman–Crippen LogP) is 2.82. The van der Waals surface area contributed by atoms with E-state index in [9.17, 15) is 9.59 Å². The molecule has 0 aromatic carbocycles. The van der Waals surface area contributed by atoms with E-state index in [0.29, 0.717) is 29.5 Å². The Morgan fingerprint density at radius 1 is 1.33 bits per heavy atom. The highest BCUT2D eigenvalue weighted by Crippen LogP contribution is 2.25. The van der Waals surface area contributed by atoms with Crippen molar-refractivity contribution in [1.82, 2.24) is 15.4 Å². The van der Waals surface area contributed by atoms with Crippen molar-refractivity contribution in [2.75, 3.05) is 18.4 Å². The second-order valence-electron chi connectivity index (χ2n) is 6.77. The SMILES string of the molecule is O=C(/C=C/c1cnc(N[C@@H]2CCN(C(=O)OC3CCCC3)C2)c(Cl)c1)NO. The molecular formula is C18H23ClN4O4. The molecule has 2 heterocycles. The molecule has 1 aliphatic heterocycles. The van der Waals surface area contributed by atoms with Crippen molar-refractivity contribution in [2.45, 2.75) is 44.2 Å². The largest absolute Gasteiger partial charge is 0.446 e. The molecule has 2 fully saturated rings. The molecule has 1 aromatic heterocycles. The zero-order valence-corrected chi connectivity index (χ0v) is 15.6. The van der Waals surface area contributed by atoms with Crippen molar-refractivity contribution >= 4 is 35.5 Å². The fourth-order valence-electron chi connectivity index (χ4n) is 3.32. The molecule has 3 rings (SSSR count). The van der Waals surface area contributed by atoms with Crippen LogP contribution in [-0.2, 0) is 9.53 Å². The van der Waals surface area contributed by atoms with Crippen molar-refractivity contribution < 1.29 is 19.5 Å². The van der Waals surface area contributed by atoms with Gasteiger partial charge in [0, 0.05) is 31.4 Å². The summed E-state index contributed by atoms with van der Waals surface area (Å²) in [5.41, 5.74) is 2.14. The number of rotatable bonds is 5. The van der Waals surface area contributed by atoms with Crippen LogP contribution in [0.25, 0.3) is 6.08 Å². The number of carbonyl (C=O) groups is 2. The lowest BCUT2D eigenvalue weighted by Gasteiger charge is -2.20. The van der Waals surface area contributed by atoms with E-state index in [1.807, 2.05) is 0 Å². The monoisotopic (exact) mass is 394 g/mol. The molecule has 0 bridgehead atoms. The number of aromatic nitrogens is 1. The molecule has 8 nitrogen and oxygen atoms in total. The zero-order chi connectivity index (χ0) is 19.2. The summed E-state index contributed by atoms with van der Waals surface area (Å²) in [5.74, 6) is -0.111. The molecule has 9 heteroatoms. The van der Waals surface area contributed by atoms with E-state index in [1.54, 1.807) is 17.2 Å². The molecule has 1 saturated heterocycles. The van der Waals surface area contributed by atoms with Crippen molar-refractivity contribution in [3.63, 3.8) is 0 Å². The predicted molar refractivity (Wildman–Crippen MR) is 101 cm³/mol. The highest BCUT2D eigenvalue weighted by Gasteiger charge is 2.30. The maximum Gasteiger partial charge on any atom is 0.410 e. The Morgan fingerprint density at radius 2 is 2.11 bits per heavy atom. The maximum atomic E-state index is 12.2. The first-order chi connectivity index (χ1) is 13.0. The summed E-state index contributed by atoms with van der Waals surface area (Å²) in [4.78, 5) is 29.2. The van der Waals surface area contributed by atoms with Gasteiger partial charge < -0.3 is 15.0 Å². The Hall–Kier alpha value is -2.32. The number of carbonyl (C=O) groups excluding carboxylic acids is 2. The molecule has 2 aliphatic rings. The minimum Gasteiger partial charge on any atom is -0.446 e. The van der Waals surface area contributed by atoms with E-state index >= 15 is 0 Å². The summed E-state index contributed by atoms with van der Waals surface area (Å²) < 4.78 is 5.55. The third-order valence-corrected chi connectivity index (χ3v) is 5.04. The summed E-state index contributed by atoms with van der Waals surface area (Å²) in [6.07, 6.45) is 9.01. The molecule has 146 valence electrons. The number of halogens is 1. The average molecular weight is 395 g/mol. The van der Waals surface area contributed by atoms with Crippen molar-refractivity contribution in [1.29, 1.82) is 0 Å². The maximum absolute atomic E-state index is 12.2. The van der Waals surface area contributed by atoms with Crippen molar-refractivity contribution in [3.8, 4) is 0 Å². The lowest BCUT2D eigenvalue weighted by atomic mass is 10.2. The minimum atomic E-state index is -0.635. The topological polar surface area (TPSA) is 104 Å². The quantitative estimate of drug-likeness (QED) is 0.403. The van der Waals surface area contributed by atoms with Crippen LogP contribution in [0.5, 0.6) is 0 Å². The minimum absolute atomic E-state index is 0.0488. The second kappa shape index (κ2) is 9.05. The highest BCUT2D eigenvalue weighted by molar-refractivity contribution is 6.33. The van der Waals surface area contributed by atoms with E-state index < -0.39 is 5.91 Å². The number of nitrogens with one attached hydrogen (secondary N) is 2. The van der Waals surface area contributed by atoms with Crippen LogP contribution in [0.3, 0.4) is 0 Å². The Morgan fingerprint density at radius 3 is 2.81 bits per heavy atom. The van der Waals surface area contributed by atoms with Crippen LogP contribution in [-0.4, -0.2) is 52.3 Å². The van der Waals surface area contributed by atoms with E-state index in [0.717, 1.165) is 32.1 Å². The third kappa shape index (κ3) is 5.33. The molecule has 1 saturated carbocycles. The first-order valence-electron chi connectivity index (χ1n) is 9.05. The van der Waals surface area contributed by atoms with Gasteiger partial charge in [0.15, 0.2) is 0 Å². The molecule has 2 amide bonds. The van der Waals surface area contributed by atoms with Crippen LogP contribution in [0.2, 0.25) is 5.02 Å². The Balaban J connectivity index is 1.52. The Bertz CT molecular complexity index is 721. The third-order valence-electron chi connectivity index (χ3n) is 4.76. The summed E-state index contributed by atoms with van der Waals surface area (Å²) in [6, 6.07) is 1.71. The van der Waals surface area contributed by atoms with Gasteiger partial charge in [-0.2, -0.15) is 0 Å². The number of ether oxygens (including phenoxy) is 1. The molecule has 1 aliphatic carbocycles. The molecule has 1 atom stereocenters. The molecular weight excluding hydrogens is 372 g/mol. The van der Waals surface area contributed by atoms with E-state index in [-0.39, 0.29) is 18.2 Å². The first kappa shape index (κ1) is 19.4. The number of pyridine rings is 1. The van der Waals surface area contributed by atoms with Gasteiger partial charge in [0.2, 0.25) is 0 Å². The number of hydrogen-bond donors (Lipinski definition) is 3. The zero-order valence-electron chi connectivity index (χ0n) is 14.9. The van der Waals surface area contributed by atoms with Gasteiger partial charge in [0.1, 0.15) is 11.9 Å². The summed E-state index contributed by atoms with van der Waals surface area (Å²) in [5, 5.41) is 12.1. The standard InChI is InChI=1S/C18H23ClN4O4/c19-15-9-12(5-6-16(24)22-26)10-20-17(15)21-13-7-8-23(11-13)18(25)27-14-3-1-2-4-14/h5-6,9-10,13-14,26H,1-4,7-8,11H2,(H,20,21)(H,22,24)/b6-5+/t13-/m1/s1. The summed E-state index contributed by atoms with van der Waals surface area (Å²) in [6.45, 7) is 1.18. The van der Waals surface area contributed by atoms with Gasteiger partial charge in [-0.15, -0.1) is 0 Å². The summed E-state index contributed by atoms with van der Waals surface area (Å²) >= 11 is 6.26. The van der Waals surface area contributed by atoms with Gasteiger partial charge in [-0.3, -0.25) is 10.0 Å². The van der Waals surface area contributed by atoms with E-state index in [2.05, 4.69) is 10.3 Å². The van der Waals surface area contributed by atoms with E-state index in [1.165, 1.54) is 17.6 Å². The molecule has 27 heavy (non-hydrogen) atoms. The van der Waals surface area contributed by atoms with Crippen LogP contribution in [0, 0.1) is 0 Å². The lowest BCUT2D eigenvalue weighted by molar-refractivity contribution is -0.124. The van der Waals surface area contributed by atoms with Crippen LogP contribution < -0.4 is 10.8 Å². The van der Waals surface area contributed by atoms with Gasteiger partial charge in [-0.1, -0.05) is 11.6 Å². The number of anilines is 1. The highest BCUT2D eigenvalue weighted by atomic mass is 35.5. The van der Waals surface area contributed by atoms with Gasteiger partial charge in [-0.25, -0.2) is 15.3 Å². The van der Waals surface area contributed by atoms with Crippen LogP contribution in [0.15, 0.2) is 18.3 Å². The molecule has 3 N–H and O–H groups in total. The summed E-state index contributed by atoms with van der Waals surface area (Å²) in [7, 11) is 0. The molecule has 0 unspecified atom stereocenters. The van der Waals surface area contributed by atoms with Crippen molar-refractivity contribution in [3.05, 3.63) is 28.9 Å². The number of likely N-dealkylation sites (tertiary alicyclic amines) is 1. The second-order valence-corrected chi connectivity index (χ2v) is 7.18. The number of amides is 2. The first-order valence-corrected chi connectivity index (χ1v) is 9.42. The van der Waals surface area contributed by atoms with Gasteiger partial charge in [0.05, 0.1) is 5.02 Å². The molecule has 0 spiro atoms. The normalized spacial score (nSPS) is 20.2. The Kier molecular flexibility index (Phi) is 6.52. The number of hydrogen-bond acceptors (Lipinski definition) is 6. The van der Waals surface area contributed by atoms with Gasteiger partial charge >= 0.3 is 6.09 Å².